The molecule has 19 heavy (non-hydrogen) atoms. The summed E-state index contributed by atoms with van der Waals surface area (Å²) in [5, 5.41) is 10.6. The van der Waals surface area contributed by atoms with Crippen LogP contribution in [0.15, 0.2) is 24.3 Å². The largest absolute Gasteiger partial charge is 0.387 e. The summed E-state index contributed by atoms with van der Waals surface area (Å²) in [6, 6.07) is 8.48. The Balaban J connectivity index is 2.04. The number of hydrogen-bond acceptors (Lipinski definition) is 3. The van der Waals surface area contributed by atoms with E-state index in [0.717, 1.165) is 44.7 Å². The molecular weight excluding hydrogens is 238 g/mol. The fourth-order valence-corrected chi connectivity index (χ4v) is 2.99. The molecule has 0 heterocycles. The van der Waals surface area contributed by atoms with Gasteiger partial charge < -0.3 is 9.84 Å². The second-order valence-electron chi connectivity index (χ2n) is 5.08. The lowest BCUT2D eigenvalue weighted by Crippen LogP contribution is -2.43. The number of likely N-dealkylation sites (N-methyl/N-ethyl adjacent to an activating group) is 1. The SMILES string of the molecule is CCOCCN(CC)C1CCc2ccccc2C1O. The zero-order valence-corrected chi connectivity index (χ0v) is 12.0. The van der Waals surface area contributed by atoms with Crippen molar-refractivity contribution in [1.82, 2.24) is 4.90 Å². The van der Waals surface area contributed by atoms with Gasteiger partial charge in [-0.25, -0.2) is 0 Å². The van der Waals surface area contributed by atoms with Crippen LogP contribution in [0.25, 0.3) is 0 Å². The van der Waals surface area contributed by atoms with Crippen molar-refractivity contribution >= 4 is 0 Å². The summed E-state index contributed by atoms with van der Waals surface area (Å²) in [6.07, 6.45) is 1.72. The fourth-order valence-electron chi connectivity index (χ4n) is 2.99. The van der Waals surface area contributed by atoms with Gasteiger partial charge in [-0.15, -0.1) is 0 Å². The summed E-state index contributed by atoms with van der Waals surface area (Å²) in [5.41, 5.74) is 2.40. The van der Waals surface area contributed by atoms with E-state index in [-0.39, 0.29) is 12.1 Å². The van der Waals surface area contributed by atoms with Crippen LogP contribution in [0.3, 0.4) is 0 Å². The molecule has 2 unspecified atom stereocenters. The fraction of sp³-hybridized carbons (Fsp3) is 0.625. The van der Waals surface area contributed by atoms with E-state index in [1.165, 1.54) is 5.56 Å². The van der Waals surface area contributed by atoms with E-state index >= 15 is 0 Å². The van der Waals surface area contributed by atoms with Crippen LogP contribution in [-0.2, 0) is 11.2 Å². The van der Waals surface area contributed by atoms with Gasteiger partial charge in [0, 0.05) is 19.2 Å². The number of ether oxygens (including phenoxy) is 1. The molecule has 0 amide bonds. The van der Waals surface area contributed by atoms with Crippen molar-refractivity contribution in [3.8, 4) is 0 Å². The van der Waals surface area contributed by atoms with Crippen molar-refractivity contribution in [2.45, 2.75) is 38.8 Å². The smallest absolute Gasteiger partial charge is 0.0947 e. The van der Waals surface area contributed by atoms with E-state index in [9.17, 15) is 5.11 Å². The maximum absolute atomic E-state index is 10.6. The van der Waals surface area contributed by atoms with Gasteiger partial charge in [-0.1, -0.05) is 31.2 Å². The van der Waals surface area contributed by atoms with Crippen LogP contribution in [0.1, 0.15) is 37.5 Å². The highest BCUT2D eigenvalue weighted by Crippen LogP contribution is 2.32. The molecule has 0 aliphatic heterocycles. The Morgan fingerprint density at radius 1 is 1.32 bits per heavy atom. The average molecular weight is 263 g/mol. The number of hydrogen-bond donors (Lipinski definition) is 1. The van der Waals surface area contributed by atoms with Crippen LogP contribution in [0.4, 0.5) is 0 Å². The van der Waals surface area contributed by atoms with Gasteiger partial charge in [-0.3, -0.25) is 4.90 Å². The molecule has 1 aliphatic rings. The Labute approximate surface area is 116 Å². The minimum atomic E-state index is -0.369. The first-order valence-corrected chi connectivity index (χ1v) is 7.35. The Morgan fingerprint density at radius 3 is 2.84 bits per heavy atom. The molecule has 0 fully saturated rings. The zero-order valence-electron chi connectivity index (χ0n) is 12.0. The van der Waals surface area contributed by atoms with E-state index in [4.69, 9.17) is 4.74 Å². The Morgan fingerprint density at radius 2 is 2.11 bits per heavy atom. The number of aryl methyl sites for hydroxylation is 1. The molecule has 2 atom stereocenters. The van der Waals surface area contributed by atoms with Crippen molar-refractivity contribution in [2.24, 2.45) is 0 Å². The van der Waals surface area contributed by atoms with Crippen LogP contribution < -0.4 is 0 Å². The minimum absolute atomic E-state index is 0.223. The second-order valence-corrected chi connectivity index (χ2v) is 5.08. The topological polar surface area (TPSA) is 32.7 Å². The molecule has 1 aliphatic carbocycles. The van der Waals surface area contributed by atoms with Gasteiger partial charge in [-0.05, 0) is 37.4 Å². The molecule has 0 saturated carbocycles. The van der Waals surface area contributed by atoms with Gasteiger partial charge in [-0.2, -0.15) is 0 Å². The Hall–Kier alpha value is -0.900. The lowest BCUT2D eigenvalue weighted by molar-refractivity contribution is 0.0205. The third kappa shape index (κ3) is 3.35. The number of nitrogens with zero attached hydrogens (tertiary/aromatic N) is 1. The van der Waals surface area contributed by atoms with E-state index in [2.05, 4.69) is 30.0 Å². The van der Waals surface area contributed by atoms with E-state index < -0.39 is 0 Å². The van der Waals surface area contributed by atoms with Gasteiger partial charge in [0.25, 0.3) is 0 Å². The molecule has 2 rings (SSSR count). The molecule has 1 N–H and O–H groups in total. The molecule has 3 nitrogen and oxygen atoms in total. The van der Waals surface area contributed by atoms with Crippen molar-refractivity contribution in [2.75, 3.05) is 26.3 Å². The lowest BCUT2D eigenvalue weighted by atomic mass is 9.85. The van der Waals surface area contributed by atoms with Gasteiger partial charge in [0.2, 0.25) is 0 Å². The van der Waals surface area contributed by atoms with E-state index in [0.29, 0.717) is 0 Å². The predicted octanol–water partition coefficient (Wildman–Crippen LogP) is 2.39. The molecule has 1 aromatic carbocycles. The van der Waals surface area contributed by atoms with Crippen LogP contribution in [0.5, 0.6) is 0 Å². The van der Waals surface area contributed by atoms with Gasteiger partial charge in [0.15, 0.2) is 0 Å². The maximum atomic E-state index is 10.6. The molecule has 106 valence electrons. The zero-order chi connectivity index (χ0) is 13.7. The summed E-state index contributed by atoms with van der Waals surface area (Å²) in [4.78, 5) is 2.34. The molecular formula is C16H25NO2. The highest BCUT2D eigenvalue weighted by Gasteiger charge is 2.31. The number of aliphatic hydroxyl groups excluding tert-OH is 1. The standard InChI is InChI=1S/C16H25NO2/c1-3-17(11-12-19-4-2)15-10-9-13-7-5-6-8-14(13)16(15)18/h5-8,15-16,18H,3-4,9-12H2,1-2H3. The first kappa shape index (κ1) is 14.5. The molecule has 0 bridgehead atoms. The number of fused-ring (bicyclic) bond motifs is 1. The summed E-state index contributed by atoms with van der Waals surface area (Å²) in [5.74, 6) is 0. The molecule has 0 radical (unpaired) electrons. The van der Waals surface area contributed by atoms with Crippen LogP contribution in [-0.4, -0.2) is 42.4 Å². The lowest BCUT2D eigenvalue weighted by Gasteiger charge is -2.38. The quantitative estimate of drug-likeness (QED) is 0.800. The average Bonchev–Trinajstić information content (AvgIpc) is 2.45. The van der Waals surface area contributed by atoms with Crippen LogP contribution >= 0.6 is 0 Å². The van der Waals surface area contributed by atoms with Crippen LogP contribution in [0, 0.1) is 0 Å². The first-order valence-electron chi connectivity index (χ1n) is 7.35. The molecule has 0 spiro atoms. The highest BCUT2D eigenvalue weighted by atomic mass is 16.5. The van der Waals surface area contributed by atoms with Gasteiger partial charge in [0.05, 0.1) is 12.7 Å². The number of benzene rings is 1. The van der Waals surface area contributed by atoms with Crippen molar-refractivity contribution in [3.05, 3.63) is 35.4 Å². The van der Waals surface area contributed by atoms with Crippen molar-refractivity contribution < 1.29 is 9.84 Å². The summed E-state index contributed by atoms with van der Waals surface area (Å²) < 4.78 is 5.44. The Bertz CT molecular complexity index is 394. The molecule has 0 aromatic heterocycles. The third-order valence-electron chi connectivity index (χ3n) is 4.05. The number of aliphatic hydroxyl groups is 1. The van der Waals surface area contributed by atoms with Crippen LogP contribution in [0.2, 0.25) is 0 Å². The van der Waals surface area contributed by atoms with Gasteiger partial charge >= 0.3 is 0 Å². The van der Waals surface area contributed by atoms with E-state index in [1.807, 2.05) is 13.0 Å². The predicted molar refractivity (Wildman–Crippen MR) is 77.3 cm³/mol. The van der Waals surface area contributed by atoms with E-state index in [1.54, 1.807) is 0 Å². The minimum Gasteiger partial charge on any atom is -0.387 e. The molecule has 0 saturated heterocycles. The summed E-state index contributed by atoms with van der Waals surface area (Å²) >= 11 is 0. The maximum Gasteiger partial charge on any atom is 0.0947 e. The third-order valence-corrected chi connectivity index (χ3v) is 4.05. The number of rotatable bonds is 6. The van der Waals surface area contributed by atoms with Crippen molar-refractivity contribution in [3.63, 3.8) is 0 Å². The Kier molecular flexibility index (Phi) is 5.37. The first-order chi connectivity index (χ1) is 9.27. The molecule has 3 heteroatoms. The van der Waals surface area contributed by atoms with Crippen molar-refractivity contribution in [1.29, 1.82) is 0 Å². The summed E-state index contributed by atoms with van der Waals surface area (Å²) in [7, 11) is 0. The summed E-state index contributed by atoms with van der Waals surface area (Å²) in [6.45, 7) is 7.52. The normalized spacial score (nSPS) is 22.5. The highest BCUT2D eigenvalue weighted by molar-refractivity contribution is 5.32. The molecule has 1 aromatic rings. The van der Waals surface area contributed by atoms with Gasteiger partial charge in [0.1, 0.15) is 0 Å². The monoisotopic (exact) mass is 263 g/mol. The second kappa shape index (κ2) is 7.04.